The molecule has 0 fully saturated rings. The van der Waals surface area contributed by atoms with Gasteiger partial charge in [0, 0.05) is 18.7 Å². The summed E-state index contributed by atoms with van der Waals surface area (Å²) >= 11 is 0. The Kier molecular flexibility index (Phi) is 5.95. The highest BCUT2D eigenvalue weighted by Crippen LogP contribution is 2.35. The van der Waals surface area contributed by atoms with Crippen LogP contribution in [0.5, 0.6) is 0 Å². The van der Waals surface area contributed by atoms with Crippen molar-refractivity contribution in [2.75, 3.05) is 14.2 Å². The van der Waals surface area contributed by atoms with Crippen molar-refractivity contribution in [1.82, 2.24) is 4.90 Å². The highest BCUT2D eigenvalue weighted by atomic mass is 16.5. The fourth-order valence-electron chi connectivity index (χ4n) is 4.05. The molecule has 4 aromatic rings. The van der Waals surface area contributed by atoms with E-state index < -0.39 is 5.97 Å². The van der Waals surface area contributed by atoms with Gasteiger partial charge in [0.15, 0.2) is 0 Å². The Balaban J connectivity index is 2.04. The molecule has 0 saturated carbocycles. The number of benzene rings is 4. The molecule has 4 rings (SSSR count). The number of carbonyl (C=O) groups is 2. The second kappa shape index (κ2) is 8.83. The van der Waals surface area contributed by atoms with Crippen LogP contribution in [-0.2, 0) is 4.74 Å². The summed E-state index contributed by atoms with van der Waals surface area (Å²) in [6, 6.07) is 23.7. The van der Waals surface area contributed by atoms with Crippen molar-refractivity contribution in [1.29, 1.82) is 0 Å². The zero-order valence-electron chi connectivity index (χ0n) is 18.9. The first-order valence-electron chi connectivity index (χ1n) is 10.9. The first-order valence-corrected chi connectivity index (χ1v) is 10.9. The van der Waals surface area contributed by atoms with Gasteiger partial charge in [0.05, 0.1) is 12.7 Å². The first kappa shape index (κ1) is 21.6. The number of methoxy groups -OCH3 is 1. The molecule has 0 heterocycles. The topological polar surface area (TPSA) is 46.6 Å². The molecule has 0 aliphatic heterocycles. The summed E-state index contributed by atoms with van der Waals surface area (Å²) in [5.74, 6) is -0.489. The average Bonchev–Trinajstić information content (AvgIpc) is 2.85. The van der Waals surface area contributed by atoms with Crippen LogP contribution in [0.3, 0.4) is 0 Å². The van der Waals surface area contributed by atoms with Gasteiger partial charge in [-0.2, -0.15) is 0 Å². The summed E-state index contributed by atoms with van der Waals surface area (Å²) in [7, 11) is 3.21. The zero-order valence-corrected chi connectivity index (χ0v) is 18.9. The third-order valence-electron chi connectivity index (χ3n) is 6.27. The highest BCUT2D eigenvalue weighted by Gasteiger charge is 2.24. The summed E-state index contributed by atoms with van der Waals surface area (Å²) in [6.07, 6.45) is 0.856. The number of amides is 1. The Labute approximate surface area is 188 Å². The SMILES string of the molecule is CC[C@H](C)N(C)C(=O)c1cc2ccccc2cc1-c1cc2ccccc2cc1C(=O)OC. The van der Waals surface area contributed by atoms with Crippen LogP contribution in [-0.4, -0.2) is 37.0 Å². The quantitative estimate of drug-likeness (QED) is 0.352. The predicted octanol–water partition coefficient (Wildman–Crippen LogP) is 6.32. The van der Waals surface area contributed by atoms with Gasteiger partial charge in [0.25, 0.3) is 5.91 Å². The molecule has 4 heteroatoms. The Morgan fingerprint density at radius 3 is 1.72 bits per heavy atom. The third-order valence-corrected chi connectivity index (χ3v) is 6.27. The van der Waals surface area contributed by atoms with Crippen LogP contribution in [0.2, 0.25) is 0 Å². The van der Waals surface area contributed by atoms with E-state index >= 15 is 0 Å². The lowest BCUT2D eigenvalue weighted by Gasteiger charge is -2.25. The van der Waals surface area contributed by atoms with E-state index in [0.717, 1.165) is 33.5 Å². The zero-order chi connectivity index (χ0) is 22.8. The van der Waals surface area contributed by atoms with Gasteiger partial charge in [0.2, 0.25) is 0 Å². The summed E-state index contributed by atoms with van der Waals surface area (Å²) in [5, 5.41) is 3.94. The van der Waals surface area contributed by atoms with E-state index in [4.69, 9.17) is 4.74 Å². The molecule has 1 amide bonds. The second-order valence-corrected chi connectivity index (χ2v) is 8.15. The van der Waals surface area contributed by atoms with E-state index in [-0.39, 0.29) is 11.9 Å². The fourth-order valence-corrected chi connectivity index (χ4v) is 4.05. The maximum Gasteiger partial charge on any atom is 0.338 e. The number of ether oxygens (including phenoxy) is 1. The summed E-state index contributed by atoms with van der Waals surface area (Å²) in [4.78, 5) is 28.1. The predicted molar refractivity (Wildman–Crippen MR) is 130 cm³/mol. The number of nitrogens with zero attached hydrogens (tertiary/aromatic N) is 1. The standard InChI is InChI=1S/C28H27NO3/c1-5-18(2)29(3)27(30)25-16-21-12-8-6-10-19(21)14-23(25)24-15-20-11-7-9-13-22(20)17-26(24)28(31)32-4/h6-18H,5H2,1-4H3/t18-/m0/s1. The Morgan fingerprint density at radius 2 is 1.25 bits per heavy atom. The van der Waals surface area contributed by atoms with E-state index in [9.17, 15) is 9.59 Å². The molecule has 162 valence electrons. The van der Waals surface area contributed by atoms with Crippen molar-refractivity contribution >= 4 is 33.4 Å². The van der Waals surface area contributed by atoms with Gasteiger partial charge in [-0.25, -0.2) is 4.79 Å². The van der Waals surface area contributed by atoms with Gasteiger partial charge in [-0.05, 0) is 70.3 Å². The van der Waals surface area contributed by atoms with Crippen molar-refractivity contribution < 1.29 is 14.3 Å². The lowest BCUT2D eigenvalue weighted by Crippen LogP contribution is -2.34. The lowest BCUT2D eigenvalue weighted by atomic mass is 9.90. The maximum atomic E-state index is 13.6. The van der Waals surface area contributed by atoms with Crippen LogP contribution >= 0.6 is 0 Å². The van der Waals surface area contributed by atoms with Crippen molar-refractivity contribution in [3.8, 4) is 11.1 Å². The molecule has 4 nitrogen and oxygen atoms in total. The third kappa shape index (κ3) is 3.84. The molecule has 1 atom stereocenters. The molecule has 32 heavy (non-hydrogen) atoms. The van der Waals surface area contributed by atoms with Crippen LogP contribution < -0.4 is 0 Å². The molecule has 0 bridgehead atoms. The molecule has 0 aliphatic rings. The van der Waals surface area contributed by atoms with Gasteiger partial charge in [-0.1, -0.05) is 55.5 Å². The van der Waals surface area contributed by atoms with Crippen molar-refractivity contribution in [3.63, 3.8) is 0 Å². The largest absolute Gasteiger partial charge is 0.465 e. The molecule has 4 aromatic carbocycles. The monoisotopic (exact) mass is 425 g/mol. The minimum absolute atomic E-state index is 0.0657. The second-order valence-electron chi connectivity index (χ2n) is 8.15. The number of rotatable bonds is 5. The summed E-state index contributed by atoms with van der Waals surface area (Å²) < 4.78 is 5.10. The van der Waals surface area contributed by atoms with E-state index in [0.29, 0.717) is 16.7 Å². The van der Waals surface area contributed by atoms with Gasteiger partial charge < -0.3 is 9.64 Å². The van der Waals surface area contributed by atoms with E-state index in [1.54, 1.807) is 4.90 Å². The van der Waals surface area contributed by atoms with Gasteiger partial charge in [-0.3, -0.25) is 4.79 Å². The van der Waals surface area contributed by atoms with E-state index in [1.165, 1.54) is 7.11 Å². The van der Waals surface area contributed by atoms with E-state index in [1.807, 2.05) is 86.8 Å². The number of hydrogen-bond donors (Lipinski definition) is 0. The smallest absolute Gasteiger partial charge is 0.338 e. The normalized spacial score (nSPS) is 12.0. The number of carbonyl (C=O) groups excluding carboxylic acids is 2. The van der Waals surface area contributed by atoms with Crippen molar-refractivity contribution in [3.05, 3.63) is 83.9 Å². The Morgan fingerprint density at radius 1 is 0.812 bits per heavy atom. The molecule has 0 N–H and O–H groups in total. The fraction of sp³-hybridized carbons (Fsp3) is 0.214. The van der Waals surface area contributed by atoms with E-state index in [2.05, 4.69) is 6.92 Å². The minimum Gasteiger partial charge on any atom is -0.465 e. The van der Waals surface area contributed by atoms with Crippen LogP contribution in [0.1, 0.15) is 41.0 Å². The number of esters is 1. The minimum atomic E-state index is -0.424. The number of hydrogen-bond acceptors (Lipinski definition) is 3. The maximum absolute atomic E-state index is 13.6. The average molecular weight is 426 g/mol. The van der Waals surface area contributed by atoms with Gasteiger partial charge in [-0.15, -0.1) is 0 Å². The van der Waals surface area contributed by atoms with Gasteiger partial charge in [0.1, 0.15) is 0 Å². The van der Waals surface area contributed by atoms with Crippen LogP contribution in [0.25, 0.3) is 32.7 Å². The van der Waals surface area contributed by atoms with Crippen molar-refractivity contribution in [2.24, 2.45) is 0 Å². The molecular formula is C28H27NO3. The molecule has 0 unspecified atom stereocenters. The molecule has 0 aliphatic carbocycles. The van der Waals surface area contributed by atoms with Crippen LogP contribution in [0, 0.1) is 0 Å². The lowest BCUT2D eigenvalue weighted by molar-refractivity contribution is 0.0601. The molecule has 0 spiro atoms. The summed E-state index contributed by atoms with van der Waals surface area (Å²) in [5.41, 5.74) is 2.45. The van der Waals surface area contributed by atoms with Gasteiger partial charge >= 0.3 is 5.97 Å². The first-order chi connectivity index (χ1) is 15.4. The molecule has 0 saturated heterocycles. The van der Waals surface area contributed by atoms with Crippen molar-refractivity contribution in [2.45, 2.75) is 26.3 Å². The highest BCUT2D eigenvalue weighted by molar-refractivity contribution is 6.10. The Bertz CT molecular complexity index is 1330. The van der Waals surface area contributed by atoms with Crippen LogP contribution in [0.4, 0.5) is 0 Å². The van der Waals surface area contributed by atoms with Crippen LogP contribution in [0.15, 0.2) is 72.8 Å². The molecule has 0 radical (unpaired) electrons. The number of fused-ring (bicyclic) bond motifs is 2. The Hall–Kier alpha value is -3.66. The summed E-state index contributed by atoms with van der Waals surface area (Å²) in [6.45, 7) is 4.10. The molecule has 0 aromatic heterocycles. The molecular weight excluding hydrogens is 398 g/mol.